The highest BCUT2D eigenvalue weighted by Gasteiger charge is 2.18. The van der Waals surface area contributed by atoms with Gasteiger partial charge in [-0.2, -0.15) is 0 Å². The molecule has 1 amide bonds. The molecule has 132 valence electrons. The van der Waals surface area contributed by atoms with Gasteiger partial charge in [0.1, 0.15) is 0 Å². The first-order chi connectivity index (χ1) is 11.7. The average molecular weight is 363 g/mol. The van der Waals surface area contributed by atoms with Crippen LogP contribution in [-0.2, 0) is 10.0 Å². The fraction of sp³-hybridized carbons (Fsp3) is 0.188. The van der Waals surface area contributed by atoms with Crippen molar-refractivity contribution in [3.63, 3.8) is 0 Å². The summed E-state index contributed by atoms with van der Waals surface area (Å²) < 4.78 is 27.0. The topological polar surface area (TPSA) is 118 Å². The molecule has 0 saturated heterocycles. The molecule has 0 radical (unpaired) electrons. The van der Waals surface area contributed by atoms with Gasteiger partial charge >= 0.3 is 0 Å². The Kier molecular flexibility index (Phi) is 5.38. The van der Waals surface area contributed by atoms with Crippen molar-refractivity contribution in [3.05, 3.63) is 64.2 Å². The van der Waals surface area contributed by atoms with E-state index >= 15 is 0 Å². The van der Waals surface area contributed by atoms with E-state index in [1.54, 1.807) is 0 Å². The third kappa shape index (κ3) is 4.77. The Balaban J connectivity index is 2.19. The van der Waals surface area contributed by atoms with Crippen LogP contribution in [0.4, 0.5) is 11.4 Å². The lowest BCUT2D eigenvalue weighted by Gasteiger charge is -2.10. The highest BCUT2D eigenvalue weighted by molar-refractivity contribution is 7.92. The van der Waals surface area contributed by atoms with Gasteiger partial charge in [-0.1, -0.05) is 6.07 Å². The van der Waals surface area contributed by atoms with E-state index in [9.17, 15) is 23.3 Å². The maximum atomic E-state index is 12.3. The largest absolute Gasteiger partial charge is 0.350 e. The number of carbonyl (C=O) groups is 1. The van der Waals surface area contributed by atoms with Gasteiger partial charge in [-0.05, 0) is 44.2 Å². The molecule has 0 heterocycles. The third-order valence-electron chi connectivity index (χ3n) is 3.16. The molecule has 0 bridgehead atoms. The van der Waals surface area contributed by atoms with E-state index < -0.39 is 14.9 Å². The van der Waals surface area contributed by atoms with Gasteiger partial charge in [-0.25, -0.2) is 8.42 Å². The van der Waals surface area contributed by atoms with Crippen molar-refractivity contribution in [2.45, 2.75) is 24.8 Å². The van der Waals surface area contributed by atoms with Gasteiger partial charge in [0.15, 0.2) is 0 Å². The highest BCUT2D eigenvalue weighted by atomic mass is 32.2. The van der Waals surface area contributed by atoms with Gasteiger partial charge in [0, 0.05) is 29.4 Å². The van der Waals surface area contributed by atoms with E-state index in [1.807, 2.05) is 13.8 Å². The number of sulfonamides is 1. The molecule has 0 spiro atoms. The van der Waals surface area contributed by atoms with Gasteiger partial charge in [0.25, 0.3) is 21.6 Å². The summed E-state index contributed by atoms with van der Waals surface area (Å²) in [5, 5.41) is 13.5. The molecule has 0 aliphatic rings. The minimum absolute atomic E-state index is 0.0143. The number of non-ortho nitro benzene ring substituents is 1. The van der Waals surface area contributed by atoms with Crippen LogP contribution in [0.2, 0.25) is 0 Å². The second-order valence-electron chi connectivity index (χ2n) is 5.57. The van der Waals surface area contributed by atoms with E-state index in [-0.39, 0.29) is 28.2 Å². The monoisotopic (exact) mass is 363 g/mol. The summed E-state index contributed by atoms with van der Waals surface area (Å²) in [7, 11) is -3.98. The molecule has 0 aromatic heterocycles. The normalized spacial score (nSPS) is 11.2. The molecule has 8 nitrogen and oxygen atoms in total. The molecule has 2 rings (SSSR count). The van der Waals surface area contributed by atoms with E-state index in [0.717, 1.165) is 6.07 Å². The number of rotatable bonds is 6. The first-order valence-corrected chi connectivity index (χ1v) is 8.85. The number of anilines is 1. The first-order valence-electron chi connectivity index (χ1n) is 7.37. The molecule has 0 aliphatic carbocycles. The van der Waals surface area contributed by atoms with E-state index in [4.69, 9.17) is 0 Å². The Hall–Kier alpha value is -2.94. The predicted octanol–water partition coefficient (Wildman–Crippen LogP) is 2.53. The van der Waals surface area contributed by atoms with Crippen LogP contribution in [0, 0.1) is 10.1 Å². The maximum Gasteiger partial charge on any atom is 0.270 e. The van der Waals surface area contributed by atoms with Crippen molar-refractivity contribution >= 4 is 27.3 Å². The van der Waals surface area contributed by atoms with Crippen molar-refractivity contribution in [2.75, 3.05) is 4.72 Å². The summed E-state index contributed by atoms with van der Waals surface area (Å²) in [6.07, 6.45) is 0. The average Bonchev–Trinajstić information content (AvgIpc) is 2.54. The summed E-state index contributed by atoms with van der Waals surface area (Å²) in [6.45, 7) is 3.67. The van der Waals surface area contributed by atoms with E-state index in [2.05, 4.69) is 10.0 Å². The Bertz CT molecular complexity index is 892. The smallest absolute Gasteiger partial charge is 0.270 e. The van der Waals surface area contributed by atoms with Gasteiger partial charge < -0.3 is 5.32 Å². The second-order valence-corrected chi connectivity index (χ2v) is 7.25. The Morgan fingerprint density at radius 3 is 2.32 bits per heavy atom. The van der Waals surface area contributed by atoms with Crippen LogP contribution in [0.15, 0.2) is 53.4 Å². The lowest BCUT2D eigenvalue weighted by Crippen LogP contribution is -2.30. The number of carbonyl (C=O) groups excluding carboxylic acids is 1. The van der Waals surface area contributed by atoms with Crippen LogP contribution in [0.1, 0.15) is 24.2 Å². The SMILES string of the molecule is CC(C)NC(=O)c1ccc(NS(=O)(=O)c2cccc([N+](=O)[O-])c2)cc1. The highest BCUT2D eigenvalue weighted by Crippen LogP contribution is 2.20. The summed E-state index contributed by atoms with van der Waals surface area (Å²) in [4.78, 5) is 21.7. The predicted molar refractivity (Wildman–Crippen MR) is 92.9 cm³/mol. The minimum Gasteiger partial charge on any atom is -0.350 e. The molecule has 25 heavy (non-hydrogen) atoms. The Labute approximate surface area is 145 Å². The number of hydrogen-bond acceptors (Lipinski definition) is 5. The fourth-order valence-electron chi connectivity index (χ4n) is 2.01. The molecule has 0 unspecified atom stereocenters. The zero-order valence-electron chi connectivity index (χ0n) is 13.6. The molecular formula is C16H17N3O5S. The number of nitrogens with one attached hydrogen (secondary N) is 2. The van der Waals surface area contributed by atoms with Gasteiger partial charge in [0.05, 0.1) is 9.82 Å². The second kappa shape index (κ2) is 7.31. The quantitative estimate of drug-likeness (QED) is 0.604. The molecule has 9 heteroatoms. The molecule has 0 fully saturated rings. The van der Waals surface area contributed by atoms with Crippen molar-refractivity contribution in [3.8, 4) is 0 Å². The van der Waals surface area contributed by atoms with E-state index in [1.165, 1.54) is 42.5 Å². The van der Waals surface area contributed by atoms with Crippen LogP contribution in [0.5, 0.6) is 0 Å². The van der Waals surface area contributed by atoms with Crippen LogP contribution in [0.25, 0.3) is 0 Å². The van der Waals surface area contributed by atoms with Gasteiger partial charge in [-0.15, -0.1) is 0 Å². The zero-order valence-corrected chi connectivity index (χ0v) is 14.4. The molecule has 0 atom stereocenters. The van der Waals surface area contributed by atoms with Gasteiger partial charge in [0.2, 0.25) is 0 Å². The molecule has 2 aromatic rings. The maximum absolute atomic E-state index is 12.3. The van der Waals surface area contributed by atoms with Crippen LogP contribution >= 0.6 is 0 Å². The number of nitrogens with zero attached hydrogens (tertiary/aromatic N) is 1. The molecule has 0 saturated carbocycles. The Morgan fingerprint density at radius 2 is 1.76 bits per heavy atom. The molecular weight excluding hydrogens is 346 g/mol. The number of benzene rings is 2. The Morgan fingerprint density at radius 1 is 1.12 bits per heavy atom. The van der Waals surface area contributed by atoms with Crippen LogP contribution in [-0.4, -0.2) is 25.3 Å². The van der Waals surface area contributed by atoms with Crippen LogP contribution in [0.3, 0.4) is 0 Å². The fourth-order valence-corrected chi connectivity index (χ4v) is 3.11. The number of amides is 1. The lowest BCUT2D eigenvalue weighted by atomic mass is 10.2. The summed E-state index contributed by atoms with van der Waals surface area (Å²) in [6, 6.07) is 10.6. The van der Waals surface area contributed by atoms with Crippen molar-refractivity contribution in [1.82, 2.24) is 5.32 Å². The summed E-state index contributed by atoms with van der Waals surface area (Å²) in [5.74, 6) is -0.261. The number of nitro benzene ring substituents is 1. The summed E-state index contributed by atoms with van der Waals surface area (Å²) >= 11 is 0. The first kappa shape index (κ1) is 18.4. The van der Waals surface area contributed by atoms with Crippen molar-refractivity contribution in [1.29, 1.82) is 0 Å². The number of nitro groups is 1. The summed E-state index contributed by atoms with van der Waals surface area (Å²) in [5.41, 5.74) is 0.322. The van der Waals surface area contributed by atoms with Gasteiger partial charge in [-0.3, -0.25) is 19.6 Å². The van der Waals surface area contributed by atoms with Crippen LogP contribution < -0.4 is 10.0 Å². The van der Waals surface area contributed by atoms with Crippen molar-refractivity contribution < 1.29 is 18.1 Å². The molecule has 2 N–H and O–H groups in total. The molecule has 2 aromatic carbocycles. The van der Waals surface area contributed by atoms with E-state index in [0.29, 0.717) is 5.56 Å². The number of hydrogen-bond donors (Lipinski definition) is 2. The molecule has 0 aliphatic heterocycles. The third-order valence-corrected chi connectivity index (χ3v) is 4.54. The van der Waals surface area contributed by atoms with Crippen molar-refractivity contribution in [2.24, 2.45) is 0 Å². The standard InChI is InChI=1S/C16H17N3O5S/c1-11(2)17-16(20)12-6-8-13(9-7-12)18-25(23,24)15-5-3-4-14(10-15)19(21)22/h3-11,18H,1-2H3,(H,17,20). The lowest BCUT2D eigenvalue weighted by molar-refractivity contribution is -0.385. The minimum atomic E-state index is -3.98. The zero-order chi connectivity index (χ0) is 18.6.